The molecule has 0 bridgehead atoms. The van der Waals surface area contributed by atoms with Gasteiger partial charge in [-0.1, -0.05) is 6.92 Å². The SMILES string of the molecule is CCN=C(C)C(C)(O)CC.[Er]. The third kappa shape index (κ3) is 5.17. The van der Waals surface area contributed by atoms with Crippen molar-refractivity contribution in [2.75, 3.05) is 6.54 Å². The van der Waals surface area contributed by atoms with Crippen LogP contribution >= 0.6 is 0 Å². The Morgan fingerprint density at radius 1 is 1.45 bits per heavy atom. The van der Waals surface area contributed by atoms with Crippen molar-refractivity contribution in [3.05, 3.63) is 0 Å². The molecule has 0 aliphatic rings. The molecule has 0 amide bonds. The molecule has 3 heteroatoms. The molecule has 0 fully saturated rings. The average molecular weight is 310 g/mol. The van der Waals surface area contributed by atoms with Gasteiger partial charge in [0.15, 0.2) is 0 Å². The summed E-state index contributed by atoms with van der Waals surface area (Å²) >= 11 is 0. The fourth-order valence-corrected chi connectivity index (χ4v) is 0.663. The summed E-state index contributed by atoms with van der Waals surface area (Å²) < 4.78 is 0. The van der Waals surface area contributed by atoms with Crippen LogP contribution in [0.5, 0.6) is 0 Å². The normalized spacial score (nSPS) is 17.0. The summed E-state index contributed by atoms with van der Waals surface area (Å²) in [6.07, 6.45) is 0.725. The Kier molecular flexibility index (Phi) is 8.38. The van der Waals surface area contributed by atoms with Crippen molar-refractivity contribution in [3.63, 3.8) is 0 Å². The zero-order valence-electron chi connectivity index (χ0n) is 7.60. The van der Waals surface area contributed by atoms with Crippen LogP contribution in [0.3, 0.4) is 0 Å². The monoisotopic (exact) mass is 309 g/mol. The second-order valence-electron chi connectivity index (χ2n) is 2.69. The van der Waals surface area contributed by atoms with Crippen molar-refractivity contribution in [3.8, 4) is 0 Å². The predicted molar refractivity (Wildman–Crippen MR) is 44.6 cm³/mol. The molecular formula is C8H17ErNO. The van der Waals surface area contributed by atoms with Crippen molar-refractivity contribution in [1.29, 1.82) is 0 Å². The zero-order chi connectivity index (χ0) is 8.20. The Morgan fingerprint density at radius 2 is 1.91 bits per heavy atom. The fraction of sp³-hybridized carbons (Fsp3) is 0.875. The van der Waals surface area contributed by atoms with Gasteiger partial charge in [-0.15, -0.1) is 0 Å². The fourth-order valence-electron chi connectivity index (χ4n) is 0.663. The second kappa shape index (κ2) is 6.40. The summed E-state index contributed by atoms with van der Waals surface area (Å²) in [5, 5.41) is 9.59. The molecule has 0 saturated heterocycles. The number of rotatable bonds is 3. The van der Waals surface area contributed by atoms with Crippen LogP contribution in [0, 0.1) is 37.3 Å². The van der Waals surface area contributed by atoms with E-state index in [-0.39, 0.29) is 37.3 Å². The summed E-state index contributed by atoms with van der Waals surface area (Å²) in [7, 11) is 0. The number of hydrogen-bond donors (Lipinski definition) is 1. The summed E-state index contributed by atoms with van der Waals surface area (Å²) in [6.45, 7) is 8.33. The Labute approximate surface area is 98.7 Å². The molecule has 11 heavy (non-hydrogen) atoms. The average Bonchev–Trinajstić information content (AvgIpc) is 1.89. The maximum absolute atomic E-state index is 9.59. The molecule has 0 aliphatic heterocycles. The molecule has 0 aliphatic carbocycles. The minimum absolute atomic E-state index is 0. The van der Waals surface area contributed by atoms with Crippen LogP contribution in [0.1, 0.15) is 34.1 Å². The van der Waals surface area contributed by atoms with Gasteiger partial charge in [0.25, 0.3) is 0 Å². The smallest absolute Gasteiger partial charge is 0.0988 e. The van der Waals surface area contributed by atoms with E-state index in [1.54, 1.807) is 6.92 Å². The van der Waals surface area contributed by atoms with Crippen molar-refractivity contribution in [2.45, 2.75) is 39.7 Å². The molecule has 0 radical (unpaired) electrons. The van der Waals surface area contributed by atoms with Crippen LogP contribution in [0.2, 0.25) is 0 Å². The molecular weight excluding hydrogens is 293 g/mol. The maximum Gasteiger partial charge on any atom is 0.0988 e. The number of hydrogen-bond acceptors (Lipinski definition) is 2. The van der Waals surface area contributed by atoms with Crippen LogP contribution in [0.4, 0.5) is 0 Å². The van der Waals surface area contributed by atoms with Crippen LogP contribution in [0.15, 0.2) is 4.99 Å². The number of aliphatic hydroxyl groups is 1. The minimum Gasteiger partial charge on any atom is -0.384 e. The van der Waals surface area contributed by atoms with Crippen molar-refractivity contribution in [1.82, 2.24) is 0 Å². The third-order valence-electron chi connectivity index (χ3n) is 1.86. The van der Waals surface area contributed by atoms with Crippen LogP contribution in [-0.4, -0.2) is 23.0 Å². The van der Waals surface area contributed by atoms with Crippen LogP contribution in [0.25, 0.3) is 0 Å². The van der Waals surface area contributed by atoms with Gasteiger partial charge < -0.3 is 5.11 Å². The van der Waals surface area contributed by atoms with E-state index in [1.807, 2.05) is 20.8 Å². The van der Waals surface area contributed by atoms with Crippen molar-refractivity contribution >= 4 is 5.71 Å². The topological polar surface area (TPSA) is 32.6 Å². The van der Waals surface area contributed by atoms with Gasteiger partial charge in [0, 0.05) is 49.6 Å². The second-order valence-corrected chi connectivity index (χ2v) is 2.69. The molecule has 0 spiro atoms. The Morgan fingerprint density at radius 3 is 2.18 bits per heavy atom. The van der Waals surface area contributed by atoms with Gasteiger partial charge in [-0.2, -0.15) is 0 Å². The summed E-state index contributed by atoms with van der Waals surface area (Å²) in [5.74, 6) is 0. The van der Waals surface area contributed by atoms with Gasteiger partial charge in [0.2, 0.25) is 0 Å². The van der Waals surface area contributed by atoms with E-state index in [1.165, 1.54) is 0 Å². The molecule has 2 nitrogen and oxygen atoms in total. The molecule has 0 saturated carbocycles. The summed E-state index contributed by atoms with van der Waals surface area (Å²) in [4.78, 5) is 4.13. The molecule has 1 unspecified atom stereocenters. The number of aliphatic imine (C=N–C) groups is 1. The molecule has 1 N–H and O–H groups in total. The molecule has 0 aromatic heterocycles. The van der Waals surface area contributed by atoms with Gasteiger partial charge in [0.05, 0.1) is 5.60 Å². The van der Waals surface area contributed by atoms with Gasteiger partial charge in [-0.25, -0.2) is 0 Å². The zero-order valence-corrected chi connectivity index (χ0v) is 9.45. The maximum atomic E-state index is 9.59. The largest absolute Gasteiger partial charge is 0.384 e. The minimum atomic E-state index is -0.698. The van der Waals surface area contributed by atoms with E-state index in [0.717, 1.165) is 18.7 Å². The van der Waals surface area contributed by atoms with Crippen LogP contribution in [-0.2, 0) is 0 Å². The summed E-state index contributed by atoms with van der Waals surface area (Å²) in [5.41, 5.74) is 0.133. The van der Waals surface area contributed by atoms with E-state index in [2.05, 4.69) is 4.99 Å². The molecule has 1 atom stereocenters. The summed E-state index contributed by atoms with van der Waals surface area (Å²) in [6, 6.07) is 0. The first-order valence-corrected chi connectivity index (χ1v) is 3.78. The van der Waals surface area contributed by atoms with E-state index in [9.17, 15) is 5.11 Å². The molecule has 72 valence electrons. The molecule has 0 heterocycles. The first-order chi connectivity index (χ1) is 4.54. The van der Waals surface area contributed by atoms with Crippen LogP contribution < -0.4 is 0 Å². The quantitative estimate of drug-likeness (QED) is 0.790. The van der Waals surface area contributed by atoms with Crippen molar-refractivity contribution < 1.29 is 42.4 Å². The Hall–Kier alpha value is 0.877. The van der Waals surface area contributed by atoms with Crippen molar-refractivity contribution in [2.24, 2.45) is 4.99 Å². The van der Waals surface area contributed by atoms with Gasteiger partial charge in [0.1, 0.15) is 0 Å². The molecule has 0 aromatic rings. The Balaban J connectivity index is 0. The van der Waals surface area contributed by atoms with E-state index in [0.29, 0.717) is 0 Å². The van der Waals surface area contributed by atoms with Gasteiger partial charge >= 0.3 is 0 Å². The van der Waals surface area contributed by atoms with E-state index >= 15 is 0 Å². The first kappa shape index (κ1) is 14.4. The number of nitrogens with zero attached hydrogens (tertiary/aromatic N) is 1. The first-order valence-electron chi connectivity index (χ1n) is 3.78. The third-order valence-corrected chi connectivity index (χ3v) is 1.86. The van der Waals surface area contributed by atoms with Gasteiger partial charge in [-0.05, 0) is 27.2 Å². The molecule has 0 rings (SSSR count). The molecule has 0 aromatic carbocycles. The van der Waals surface area contributed by atoms with E-state index in [4.69, 9.17) is 0 Å². The Bertz CT molecular complexity index is 132. The van der Waals surface area contributed by atoms with E-state index < -0.39 is 5.60 Å². The predicted octanol–water partition coefficient (Wildman–Crippen LogP) is 1.63. The standard InChI is InChI=1S/C8H17NO.Er/c1-5-8(4,10)7(3)9-6-2;/h10H,5-6H2,1-4H3;. The van der Waals surface area contributed by atoms with Gasteiger partial charge in [-0.3, -0.25) is 4.99 Å².